The van der Waals surface area contributed by atoms with Crippen LogP contribution in [-0.4, -0.2) is 51.6 Å². The number of amides is 3. The summed E-state index contributed by atoms with van der Waals surface area (Å²) in [5.74, 6) is 0.0510. The molecule has 3 amide bonds. The van der Waals surface area contributed by atoms with Crippen LogP contribution in [0, 0.1) is 12.7 Å². The Morgan fingerprint density at radius 2 is 1.97 bits per heavy atom. The summed E-state index contributed by atoms with van der Waals surface area (Å²) < 4.78 is 20.6. The lowest BCUT2D eigenvalue weighted by molar-refractivity contribution is -0.136. The molecule has 1 aromatic heterocycles. The summed E-state index contributed by atoms with van der Waals surface area (Å²) >= 11 is 0. The number of aromatic nitrogens is 1. The van der Waals surface area contributed by atoms with Crippen molar-refractivity contribution >= 4 is 17.7 Å². The maximum atomic E-state index is 15.0. The number of aryl methyl sites for hydroxylation is 1. The molecule has 0 radical (unpaired) electrons. The summed E-state index contributed by atoms with van der Waals surface area (Å²) in [6.45, 7) is 4.41. The molecule has 8 nitrogen and oxygen atoms in total. The quantitative estimate of drug-likeness (QED) is 0.733. The number of imide groups is 1. The Bertz CT molecular complexity index is 1090. The van der Waals surface area contributed by atoms with Crippen LogP contribution < -0.4 is 5.32 Å². The molecule has 0 aliphatic carbocycles. The van der Waals surface area contributed by atoms with Crippen molar-refractivity contribution < 1.29 is 23.2 Å². The maximum Gasteiger partial charge on any atom is 0.255 e. The SMILES string of the molecule is Cc1ncc(CN2CCC(c3cc4c(cc3F)C(=O)N(C3CCC(=O)NC3=O)C4)CC2)o1. The van der Waals surface area contributed by atoms with Crippen LogP contribution >= 0.6 is 0 Å². The number of halogens is 1. The first-order valence-electron chi connectivity index (χ1n) is 11.0. The number of nitrogens with one attached hydrogen (secondary N) is 1. The zero-order valence-corrected chi connectivity index (χ0v) is 17.9. The van der Waals surface area contributed by atoms with Crippen LogP contribution in [0.25, 0.3) is 0 Å². The zero-order chi connectivity index (χ0) is 22.4. The predicted molar refractivity (Wildman–Crippen MR) is 111 cm³/mol. The molecule has 2 fully saturated rings. The minimum absolute atomic E-state index is 0.0766. The van der Waals surface area contributed by atoms with Crippen molar-refractivity contribution in [1.82, 2.24) is 20.1 Å². The molecule has 168 valence electrons. The van der Waals surface area contributed by atoms with Crippen LogP contribution in [0.2, 0.25) is 0 Å². The summed E-state index contributed by atoms with van der Waals surface area (Å²) in [6.07, 6.45) is 3.86. The van der Waals surface area contributed by atoms with Gasteiger partial charge in [0.15, 0.2) is 5.89 Å². The first-order chi connectivity index (χ1) is 15.4. The van der Waals surface area contributed by atoms with Crippen molar-refractivity contribution in [1.29, 1.82) is 0 Å². The first kappa shape index (κ1) is 20.8. The first-order valence-corrected chi connectivity index (χ1v) is 11.0. The third kappa shape index (κ3) is 3.81. The van der Waals surface area contributed by atoms with Crippen LogP contribution in [0.1, 0.15) is 64.7 Å². The lowest BCUT2D eigenvalue weighted by atomic mass is 9.87. The molecule has 0 saturated carbocycles. The van der Waals surface area contributed by atoms with Crippen molar-refractivity contribution in [3.63, 3.8) is 0 Å². The molecule has 2 aromatic rings. The molecule has 1 N–H and O–H groups in total. The average molecular weight is 440 g/mol. The Morgan fingerprint density at radius 1 is 1.19 bits per heavy atom. The van der Waals surface area contributed by atoms with E-state index in [-0.39, 0.29) is 36.5 Å². The van der Waals surface area contributed by atoms with E-state index in [1.54, 1.807) is 12.3 Å². The zero-order valence-electron chi connectivity index (χ0n) is 17.9. The van der Waals surface area contributed by atoms with E-state index in [4.69, 9.17) is 4.42 Å². The van der Waals surface area contributed by atoms with E-state index >= 15 is 4.39 Å². The number of benzene rings is 1. The Morgan fingerprint density at radius 3 is 2.66 bits per heavy atom. The molecule has 4 heterocycles. The minimum atomic E-state index is -0.693. The number of carbonyl (C=O) groups is 3. The normalized spacial score (nSPS) is 22.4. The molecule has 1 aromatic carbocycles. The van der Waals surface area contributed by atoms with E-state index in [1.807, 2.05) is 6.92 Å². The number of piperidine rings is 2. The fraction of sp³-hybridized carbons (Fsp3) is 0.478. The minimum Gasteiger partial charge on any atom is -0.445 e. The molecular weight excluding hydrogens is 415 g/mol. The van der Waals surface area contributed by atoms with Crippen molar-refractivity contribution in [3.8, 4) is 0 Å². The van der Waals surface area contributed by atoms with Gasteiger partial charge in [0.25, 0.3) is 5.91 Å². The summed E-state index contributed by atoms with van der Waals surface area (Å²) in [5, 5.41) is 2.29. The largest absolute Gasteiger partial charge is 0.445 e. The highest BCUT2D eigenvalue weighted by molar-refractivity contribution is 6.05. The van der Waals surface area contributed by atoms with Crippen LogP contribution in [0.15, 0.2) is 22.7 Å². The lowest BCUT2D eigenvalue weighted by Gasteiger charge is -2.31. The van der Waals surface area contributed by atoms with Gasteiger partial charge in [-0.2, -0.15) is 0 Å². The summed E-state index contributed by atoms with van der Waals surface area (Å²) in [5.41, 5.74) is 1.70. The number of fused-ring (bicyclic) bond motifs is 1. The molecule has 3 aliphatic rings. The molecule has 0 spiro atoms. The number of likely N-dealkylation sites (tertiary alicyclic amines) is 1. The highest BCUT2D eigenvalue weighted by Crippen LogP contribution is 2.35. The smallest absolute Gasteiger partial charge is 0.255 e. The van der Waals surface area contributed by atoms with E-state index in [9.17, 15) is 14.4 Å². The lowest BCUT2D eigenvalue weighted by Crippen LogP contribution is -2.52. The number of hydrogen-bond acceptors (Lipinski definition) is 6. The van der Waals surface area contributed by atoms with E-state index in [0.29, 0.717) is 30.0 Å². The van der Waals surface area contributed by atoms with Crippen LogP contribution in [0.4, 0.5) is 4.39 Å². The van der Waals surface area contributed by atoms with E-state index < -0.39 is 11.9 Å². The number of rotatable bonds is 4. The predicted octanol–water partition coefficient (Wildman–Crippen LogP) is 2.26. The van der Waals surface area contributed by atoms with Crippen molar-refractivity contribution in [2.75, 3.05) is 13.1 Å². The van der Waals surface area contributed by atoms with Crippen LogP contribution in [-0.2, 0) is 22.7 Å². The fourth-order valence-electron chi connectivity index (χ4n) is 5.02. The number of oxazole rings is 1. The van der Waals surface area contributed by atoms with Crippen LogP contribution in [0.3, 0.4) is 0 Å². The number of carbonyl (C=O) groups excluding carboxylic acids is 3. The van der Waals surface area contributed by atoms with Gasteiger partial charge in [-0.3, -0.25) is 24.6 Å². The molecule has 32 heavy (non-hydrogen) atoms. The molecule has 0 bridgehead atoms. The Balaban J connectivity index is 1.27. The summed E-state index contributed by atoms with van der Waals surface area (Å²) in [6, 6.07) is 2.43. The molecule has 2 saturated heterocycles. The maximum absolute atomic E-state index is 15.0. The van der Waals surface area contributed by atoms with Gasteiger partial charge < -0.3 is 9.32 Å². The monoisotopic (exact) mass is 440 g/mol. The van der Waals surface area contributed by atoms with E-state index in [2.05, 4.69) is 15.2 Å². The summed E-state index contributed by atoms with van der Waals surface area (Å²) in [4.78, 5) is 44.4. The van der Waals surface area contributed by atoms with Gasteiger partial charge in [0, 0.05) is 25.5 Å². The second-order valence-electron chi connectivity index (χ2n) is 8.83. The molecule has 9 heteroatoms. The topological polar surface area (TPSA) is 95.8 Å². The van der Waals surface area contributed by atoms with Gasteiger partial charge in [0.2, 0.25) is 11.8 Å². The van der Waals surface area contributed by atoms with Gasteiger partial charge in [-0.25, -0.2) is 9.37 Å². The third-order valence-electron chi connectivity index (χ3n) is 6.72. The van der Waals surface area contributed by atoms with Gasteiger partial charge >= 0.3 is 0 Å². The van der Waals surface area contributed by atoms with Gasteiger partial charge in [-0.05, 0) is 55.5 Å². The third-order valence-corrected chi connectivity index (χ3v) is 6.72. The van der Waals surface area contributed by atoms with Gasteiger partial charge in [-0.1, -0.05) is 6.07 Å². The Hall–Kier alpha value is -3.07. The Kier molecular flexibility index (Phi) is 5.28. The highest BCUT2D eigenvalue weighted by atomic mass is 19.1. The molecule has 3 aliphatic heterocycles. The standard InChI is InChI=1S/C23H25FN4O4/c1-13-25-10-16(32-13)12-27-6-4-14(5-7-27)17-8-15-11-28(23(31)18(15)9-19(17)24)20-2-3-21(29)26-22(20)30/h8-10,14,20H,2-7,11-12H2,1H3,(H,26,29,30). The van der Waals surface area contributed by atoms with Gasteiger partial charge in [0.1, 0.15) is 17.6 Å². The average Bonchev–Trinajstić information content (AvgIpc) is 3.31. The van der Waals surface area contributed by atoms with Crippen molar-refractivity contribution in [3.05, 3.63) is 52.5 Å². The number of hydrogen-bond donors (Lipinski definition) is 1. The molecule has 5 rings (SSSR count). The highest BCUT2D eigenvalue weighted by Gasteiger charge is 2.40. The van der Waals surface area contributed by atoms with E-state index in [0.717, 1.165) is 37.3 Å². The van der Waals surface area contributed by atoms with Gasteiger partial charge in [-0.15, -0.1) is 0 Å². The second kappa shape index (κ2) is 8.12. The van der Waals surface area contributed by atoms with E-state index in [1.165, 1.54) is 11.0 Å². The second-order valence-corrected chi connectivity index (χ2v) is 8.83. The van der Waals surface area contributed by atoms with Gasteiger partial charge in [0.05, 0.1) is 12.7 Å². The fourth-order valence-corrected chi connectivity index (χ4v) is 5.02. The molecular formula is C23H25FN4O4. The Labute approximate surface area is 184 Å². The van der Waals surface area contributed by atoms with Crippen molar-refractivity contribution in [2.24, 2.45) is 0 Å². The number of nitrogens with zero attached hydrogens (tertiary/aromatic N) is 3. The summed E-state index contributed by atoms with van der Waals surface area (Å²) in [7, 11) is 0. The molecule has 1 atom stereocenters. The van der Waals surface area contributed by atoms with Crippen LogP contribution in [0.5, 0.6) is 0 Å². The molecule has 1 unspecified atom stereocenters. The van der Waals surface area contributed by atoms with Crippen molar-refractivity contribution in [2.45, 2.75) is 57.7 Å².